The molecule has 0 spiro atoms. The van der Waals surface area contributed by atoms with Crippen LogP contribution < -0.4 is 5.32 Å². The molecule has 0 saturated carbocycles. The van der Waals surface area contributed by atoms with Crippen molar-refractivity contribution in [2.24, 2.45) is 0 Å². The molecule has 3 N–H and O–H groups in total. The van der Waals surface area contributed by atoms with Crippen molar-refractivity contribution in [2.45, 2.75) is 96.8 Å². The summed E-state index contributed by atoms with van der Waals surface area (Å²) in [5.74, 6) is -1.64. The molecule has 0 radical (unpaired) electrons. The lowest BCUT2D eigenvalue weighted by atomic mass is 10.0. The van der Waals surface area contributed by atoms with Crippen LogP contribution in [0.4, 0.5) is 5.69 Å². The third-order valence-corrected chi connectivity index (χ3v) is 5.02. The summed E-state index contributed by atoms with van der Waals surface area (Å²) in [4.78, 5) is 23.0. The van der Waals surface area contributed by atoms with Crippen molar-refractivity contribution in [3.05, 3.63) is 23.8 Å². The van der Waals surface area contributed by atoms with Gasteiger partial charge in [-0.25, -0.2) is 4.79 Å². The van der Waals surface area contributed by atoms with E-state index >= 15 is 0 Å². The SMILES string of the molecule is CCCCCCCCCCCCCCCC(=O)Nc1ccc(O)c(C(=O)O)c1. The van der Waals surface area contributed by atoms with Gasteiger partial charge in [0.15, 0.2) is 0 Å². The Kier molecular flexibility index (Phi) is 12.8. The third kappa shape index (κ3) is 11.0. The number of carbonyl (C=O) groups excluding carboxylic acids is 1. The molecule has 0 aliphatic carbocycles. The van der Waals surface area contributed by atoms with Gasteiger partial charge in [-0.1, -0.05) is 84.0 Å². The summed E-state index contributed by atoms with van der Waals surface area (Å²) in [6.45, 7) is 2.25. The smallest absolute Gasteiger partial charge is 0.339 e. The van der Waals surface area contributed by atoms with Gasteiger partial charge >= 0.3 is 5.97 Å². The number of amides is 1. The van der Waals surface area contributed by atoms with E-state index in [9.17, 15) is 14.7 Å². The maximum Gasteiger partial charge on any atom is 0.339 e. The summed E-state index contributed by atoms with van der Waals surface area (Å²) >= 11 is 0. The van der Waals surface area contributed by atoms with Crippen LogP contribution in [0.15, 0.2) is 18.2 Å². The molecule has 1 aromatic carbocycles. The summed E-state index contributed by atoms with van der Waals surface area (Å²) < 4.78 is 0. The number of hydrogen-bond donors (Lipinski definition) is 3. The normalized spacial score (nSPS) is 10.8. The first-order valence-corrected chi connectivity index (χ1v) is 10.9. The largest absolute Gasteiger partial charge is 0.507 e. The molecule has 1 aromatic rings. The fourth-order valence-electron chi connectivity index (χ4n) is 3.31. The summed E-state index contributed by atoms with van der Waals surface area (Å²) in [5, 5.41) is 21.2. The van der Waals surface area contributed by atoms with Gasteiger partial charge in [0.2, 0.25) is 5.91 Å². The maximum absolute atomic E-state index is 12.0. The average Bonchev–Trinajstić information content (AvgIpc) is 2.66. The first-order chi connectivity index (χ1) is 13.5. The Bertz CT molecular complexity index is 586. The fraction of sp³-hybridized carbons (Fsp3) is 0.652. The molecular weight excluding hydrogens is 354 g/mol. The molecule has 0 saturated heterocycles. The van der Waals surface area contributed by atoms with Crippen LogP contribution in [0.25, 0.3) is 0 Å². The number of nitrogens with one attached hydrogen (secondary N) is 1. The van der Waals surface area contributed by atoms with E-state index in [0.717, 1.165) is 19.3 Å². The zero-order chi connectivity index (χ0) is 20.6. The van der Waals surface area contributed by atoms with Crippen molar-refractivity contribution in [2.75, 3.05) is 5.32 Å². The summed E-state index contributed by atoms with van der Waals surface area (Å²) in [7, 11) is 0. The van der Waals surface area contributed by atoms with E-state index in [1.165, 1.54) is 82.4 Å². The molecule has 0 aliphatic rings. The van der Waals surface area contributed by atoms with Gasteiger partial charge in [-0.05, 0) is 24.6 Å². The van der Waals surface area contributed by atoms with Gasteiger partial charge in [-0.2, -0.15) is 0 Å². The van der Waals surface area contributed by atoms with Crippen LogP contribution >= 0.6 is 0 Å². The van der Waals surface area contributed by atoms with E-state index in [-0.39, 0.29) is 17.2 Å². The van der Waals surface area contributed by atoms with Crippen LogP contribution in [-0.2, 0) is 4.79 Å². The number of phenols is 1. The molecule has 5 heteroatoms. The molecule has 1 amide bonds. The Morgan fingerprint density at radius 2 is 1.32 bits per heavy atom. The molecule has 28 heavy (non-hydrogen) atoms. The van der Waals surface area contributed by atoms with Gasteiger partial charge in [0, 0.05) is 12.1 Å². The monoisotopic (exact) mass is 391 g/mol. The lowest BCUT2D eigenvalue weighted by Gasteiger charge is -2.07. The van der Waals surface area contributed by atoms with Crippen molar-refractivity contribution in [1.82, 2.24) is 0 Å². The minimum Gasteiger partial charge on any atom is -0.507 e. The molecule has 0 heterocycles. The van der Waals surface area contributed by atoms with Gasteiger partial charge < -0.3 is 15.5 Å². The molecule has 1 rings (SSSR count). The molecule has 158 valence electrons. The number of anilines is 1. The first kappa shape index (κ1) is 24.0. The zero-order valence-corrected chi connectivity index (χ0v) is 17.3. The second kappa shape index (κ2) is 14.9. The Balaban J connectivity index is 2.01. The van der Waals surface area contributed by atoms with E-state index < -0.39 is 5.97 Å². The van der Waals surface area contributed by atoms with Gasteiger partial charge in [0.25, 0.3) is 0 Å². The minimum atomic E-state index is -1.22. The van der Waals surface area contributed by atoms with E-state index in [1.54, 1.807) is 0 Å². The predicted molar refractivity (Wildman–Crippen MR) is 114 cm³/mol. The van der Waals surface area contributed by atoms with Gasteiger partial charge in [-0.15, -0.1) is 0 Å². The number of aromatic hydroxyl groups is 1. The number of unbranched alkanes of at least 4 members (excludes halogenated alkanes) is 12. The first-order valence-electron chi connectivity index (χ1n) is 10.9. The van der Waals surface area contributed by atoms with Gasteiger partial charge in [0.1, 0.15) is 11.3 Å². The van der Waals surface area contributed by atoms with Crippen molar-refractivity contribution in [3.63, 3.8) is 0 Å². The van der Waals surface area contributed by atoms with Crippen molar-refractivity contribution in [3.8, 4) is 5.75 Å². The van der Waals surface area contributed by atoms with Crippen molar-refractivity contribution >= 4 is 17.6 Å². The van der Waals surface area contributed by atoms with Crippen LogP contribution in [0, 0.1) is 0 Å². The summed E-state index contributed by atoms with van der Waals surface area (Å²) in [6.07, 6.45) is 16.9. The number of rotatable bonds is 16. The molecule has 0 aliphatic heterocycles. The maximum atomic E-state index is 12.0. The second-order valence-corrected chi connectivity index (χ2v) is 7.58. The Hall–Kier alpha value is -2.04. The highest BCUT2D eigenvalue weighted by atomic mass is 16.4. The van der Waals surface area contributed by atoms with E-state index in [2.05, 4.69) is 12.2 Å². The van der Waals surface area contributed by atoms with Crippen LogP contribution in [0.1, 0.15) is 107 Å². The lowest BCUT2D eigenvalue weighted by molar-refractivity contribution is -0.116. The van der Waals surface area contributed by atoms with Gasteiger partial charge in [-0.3, -0.25) is 4.79 Å². The molecular formula is C23H37NO4. The highest BCUT2D eigenvalue weighted by Gasteiger charge is 2.11. The molecule has 5 nitrogen and oxygen atoms in total. The minimum absolute atomic E-state index is 0.120. The quantitative estimate of drug-likeness (QED) is 0.221. The zero-order valence-electron chi connectivity index (χ0n) is 17.3. The number of hydrogen-bond acceptors (Lipinski definition) is 3. The van der Waals surface area contributed by atoms with Crippen molar-refractivity contribution < 1.29 is 19.8 Å². The Morgan fingerprint density at radius 3 is 1.82 bits per heavy atom. The van der Waals surface area contributed by atoms with Gasteiger partial charge in [0.05, 0.1) is 0 Å². The topological polar surface area (TPSA) is 86.6 Å². The van der Waals surface area contributed by atoms with E-state index in [1.807, 2.05) is 0 Å². The Labute approximate surface area is 169 Å². The fourth-order valence-corrected chi connectivity index (χ4v) is 3.31. The number of benzene rings is 1. The molecule has 0 fully saturated rings. The van der Waals surface area contributed by atoms with Crippen LogP contribution in [0.2, 0.25) is 0 Å². The van der Waals surface area contributed by atoms with E-state index in [0.29, 0.717) is 12.1 Å². The highest BCUT2D eigenvalue weighted by Crippen LogP contribution is 2.21. The van der Waals surface area contributed by atoms with E-state index in [4.69, 9.17) is 5.11 Å². The van der Waals surface area contributed by atoms with Crippen LogP contribution in [-0.4, -0.2) is 22.1 Å². The number of carbonyl (C=O) groups is 2. The van der Waals surface area contributed by atoms with Crippen LogP contribution in [0.3, 0.4) is 0 Å². The second-order valence-electron chi connectivity index (χ2n) is 7.58. The molecule has 0 atom stereocenters. The number of carboxylic acid groups (broad SMARTS) is 1. The molecule has 0 unspecified atom stereocenters. The molecule has 0 bridgehead atoms. The Morgan fingerprint density at radius 1 is 0.821 bits per heavy atom. The van der Waals surface area contributed by atoms with Crippen LogP contribution in [0.5, 0.6) is 5.75 Å². The highest BCUT2D eigenvalue weighted by molar-refractivity contribution is 5.95. The average molecular weight is 392 g/mol. The number of carboxylic acids is 1. The standard InChI is InChI=1S/C23H37NO4/c1-2-3-4-5-6-7-8-9-10-11-12-13-14-15-22(26)24-19-16-17-21(25)20(18-19)23(27)28/h16-18,25H,2-15H2,1H3,(H,24,26)(H,27,28). The number of aromatic carboxylic acids is 1. The molecule has 0 aromatic heterocycles. The predicted octanol–water partition coefficient (Wildman–Crippen LogP) is 6.51. The summed E-state index contributed by atoms with van der Waals surface area (Å²) in [5.41, 5.74) is 0.189. The lowest BCUT2D eigenvalue weighted by Crippen LogP contribution is -2.11. The van der Waals surface area contributed by atoms with Crippen molar-refractivity contribution in [1.29, 1.82) is 0 Å². The summed E-state index contributed by atoms with van der Waals surface area (Å²) in [6, 6.07) is 4.06. The third-order valence-electron chi connectivity index (χ3n) is 5.02.